The molecule has 2 aliphatic heterocycles. The number of aliphatic hydroxyl groups excluding tert-OH is 1. The van der Waals surface area contributed by atoms with Gasteiger partial charge in [0.15, 0.2) is 6.10 Å². The average Bonchev–Trinajstić information content (AvgIpc) is 2.72. The Labute approximate surface area is 165 Å². The molecular formula is C21H30N2O5. The third kappa shape index (κ3) is 5.02. The molecule has 0 aliphatic carbocycles. The van der Waals surface area contributed by atoms with E-state index in [0.29, 0.717) is 37.7 Å². The Morgan fingerprint density at radius 2 is 1.75 bits per heavy atom. The molecule has 0 radical (unpaired) electrons. The number of nitrogens with zero attached hydrogens (tertiary/aromatic N) is 2. The number of rotatable bonds is 6. The van der Waals surface area contributed by atoms with E-state index in [2.05, 4.69) is 4.90 Å². The van der Waals surface area contributed by atoms with Gasteiger partial charge in [-0.15, -0.1) is 0 Å². The molecule has 1 aromatic carbocycles. The molecule has 0 bridgehead atoms. The normalized spacial score (nSPS) is 20.7. The van der Waals surface area contributed by atoms with Crippen molar-refractivity contribution in [3.8, 4) is 5.75 Å². The minimum atomic E-state index is -1.16. The summed E-state index contributed by atoms with van der Waals surface area (Å²) in [5.74, 6) is -0.516. The van der Waals surface area contributed by atoms with Crippen molar-refractivity contribution in [2.24, 2.45) is 5.92 Å². The number of benzene rings is 1. The second-order valence-electron chi connectivity index (χ2n) is 7.80. The Morgan fingerprint density at radius 3 is 2.36 bits per heavy atom. The number of amides is 1. The fraction of sp³-hybridized carbons (Fsp3) is 0.619. The van der Waals surface area contributed by atoms with Crippen molar-refractivity contribution >= 4 is 11.9 Å². The van der Waals surface area contributed by atoms with Crippen molar-refractivity contribution in [1.82, 2.24) is 9.80 Å². The second kappa shape index (κ2) is 9.39. The van der Waals surface area contributed by atoms with Gasteiger partial charge in [-0.25, -0.2) is 0 Å². The number of carbonyl (C=O) groups excluding carboxylic acids is 1. The van der Waals surface area contributed by atoms with Gasteiger partial charge in [-0.3, -0.25) is 9.59 Å². The number of aliphatic carboxylic acids is 1. The zero-order chi connectivity index (χ0) is 20.1. The summed E-state index contributed by atoms with van der Waals surface area (Å²) in [6.45, 7) is 4.72. The second-order valence-corrected chi connectivity index (χ2v) is 7.80. The van der Waals surface area contributed by atoms with Gasteiger partial charge in [0.25, 0.3) is 5.91 Å². The number of aryl methyl sites for hydroxylation is 1. The van der Waals surface area contributed by atoms with Crippen molar-refractivity contribution in [3.63, 3.8) is 0 Å². The van der Waals surface area contributed by atoms with Crippen molar-refractivity contribution < 1.29 is 24.5 Å². The molecule has 154 valence electrons. The summed E-state index contributed by atoms with van der Waals surface area (Å²) in [6.07, 6.45) is 1.94. The fourth-order valence-electron chi connectivity index (χ4n) is 4.13. The maximum Gasteiger partial charge on any atom is 0.306 e. The van der Waals surface area contributed by atoms with Crippen LogP contribution in [0.2, 0.25) is 0 Å². The first-order valence-corrected chi connectivity index (χ1v) is 10.1. The molecule has 2 aliphatic rings. The van der Waals surface area contributed by atoms with E-state index in [0.717, 1.165) is 31.5 Å². The first-order valence-electron chi connectivity index (χ1n) is 10.1. The summed E-state index contributed by atoms with van der Waals surface area (Å²) in [5.41, 5.74) is 0.967. The highest BCUT2D eigenvalue weighted by atomic mass is 16.5. The van der Waals surface area contributed by atoms with E-state index in [9.17, 15) is 14.7 Å². The lowest BCUT2D eigenvalue weighted by Gasteiger charge is -2.41. The lowest BCUT2D eigenvalue weighted by molar-refractivity contribution is -0.145. The van der Waals surface area contributed by atoms with Gasteiger partial charge in [-0.2, -0.15) is 0 Å². The molecule has 7 heteroatoms. The number of aliphatic hydroxyl groups is 1. The number of carbonyl (C=O) groups is 2. The van der Waals surface area contributed by atoms with Crippen molar-refractivity contribution in [1.29, 1.82) is 0 Å². The number of hydrogen-bond acceptors (Lipinski definition) is 5. The molecule has 0 spiro atoms. The Bertz CT molecular complexity index is 679. The molecule has 0 aromatic heterocycles. The molecule has 1 aromatic rings. The van der Waals surface area contributed by atoms with Gasteiger partial charge in [-0.05, 0) is 57.3 Å². The lowest BCUT2D eigenvalue weighted by Crippen LogP contribution is -2.51. The summed E-state index contributed by atoms with van der Waals surface area (Å²) in [6, 6.07) is 7.91. The maximum absolute atomic E-state index is 12.5. The van der Waals surface area contributed by atoms with Crippen LogP contribution >= 0.6 is 0 Å². The Morgan fingerprint density at radius 1 is 1.11 bits per heavy atom. The van der Waals surface area contributed by atoms with Crippen LogP contribution in [-0.4, -0.2) is 76.8 Å². The fourth-order valence-corrected chi connectivity index (χ4v) is 4.13. The van der Waals surface area contributed by atoms with Crippen LogP contribution in [0, 0.1) is 12.8 Å². The number of para-hydroxylation sites is 1. The molecule has 2 N–H and O–H groups in total. The van der Waals surface area contributed by atoms with Crippen LogP contribution in [0.25, 0.3) is 0 Å². The van der Waals surface area contributed by atoms with E-state index in [1.165, 1.54) is 0 Å². The van der Waals surface area contributed by atoms with Gasteiger partial charge in [0.05, 0.1) is 5.92 Å². The average molecular weight is 390 g/mol. The third-order valence-electron chi connectivity index (χ3n) is 5.95. The highest BCUT2D eigenvalue weighted by Crippen LogP contribution is 2.24. The molecule has 1 amide bonds. The lowest BCUT2D eigenvalue weighted by atomic mass is 9.93. The van der Waals surface area contributed by atoms with E-state index in [1.807, 2.05) is 31.2 Å². The monoisotopic (exact) mass is 390 g/mol. The number of hydrogen-bond donors (Lipinski definition) is 2. The molecule has 28 heavy (non-hydrogen) atoms. The summed E-state index contributed by atoms with van der Waals surface area (Å²) < 4.78 is 5.60. The van der Waals surface area contributed by atoms with E-state index in [-0.39, 0.29) is 18.4 Å². The van der Waals surface area contributed by atoms with Crippen molar-refractivity contribution in [2.75, 3.05) is 32.8 Å². The number of carboxylic acids is 1. The van der Waals surface area contributed by atoms with Gasteiger partial charge >= 0.3 is 5.97 Å². The number of ether oxygens (including phenoxy) is 1. The third-order valence-corrected chi connectivity index (χ3v) is 5.95. The quantitative estimate of drug-likeness (QED) is 0.766. The van der Waals surface area contributed by atoms with Gasteiger partial charge in [0.1, 0.15) is 12.4 Å². The van der Waals surface area contributed by atoms with E-state index in [1.54, 1.807) is 4.90 Å². The predicted molar refractivity (Wildman–Crippen MR) is 104 cm³/mol. The summed E-state index contributed by atoms with van der Waals surface area (Å²) in [5, 5.41) is 19.4. The zero-order valence-electron chi connectivity index (χ0n) is 16.4. The summed E-state index contributed by atoms with van der Waals surface area (Å²) in [7, 11) is 0. The van der Waals surface area contributed by atoms with Crippen LogP contribution in [0.1, 0.15) is 31.2 Å². The predicted octanol–water partition coefficient (Wildman–Crippen LogP) is 1.52. The first kappa shape index (κ1) is 20.6. The molecule has 1 atom stereocenters. The molecule has 1 unspecified atom stereocenters. The Balaban J connectivity index is 1.42. The van der Waals surface area contributed by atoms with Crippen LogP contribution in [0.4, 0.5) is 0 Å². The van der Waals surface area contributed by atoms with E-state index < -0.39 is 12.1 Å². The zero-order valence-corrected chi connectivity index (χ0v) is 16.4. The van der Waals surface area contributed by atoms with E-state index >= 15 is 0 Å². The first-order chi connectivity index (χ1) is 13.5. The summed E-state index contributed by atoms with van der Waals surface area (Å²) >= 11 is 0. The molecule has 2 fully saturated rings. The largest absolute Gasteiger partial charge is 0.490 e. The van der Waals surface area contributed by atoms with Crippen molar-refractivity contribution in [2.45, 2.75) is 44.8 Å². The Kier molecular flexibility index (Phi) is 6.91. The minimum Gasteiger partial charge on any atom is -0.490 e. The standard InChI is InChI=1S/C21H30N2O5/c1-15-4-2-3-5-19(15)28-14-18(24)20(25)23-12-8-17(9-13-23)22-10-6-16(7-11-22)21(26)27/h2-5,16-18,24H,6-14H2,1H3,(H,26,27). The van der Waals surface area contributed by atoms with Crippen LogP contribution in [0.5, 0.6) is 5.75 Å². The van der Waals surface area contributed by atoms with Crippen LogP contribution in [0.3, 0.4) is 0 Å². The highest BCUT2D eigenvalue weighted by molar-refractivity contribution is 5.81. The molecule has 0 saturated carbocycles. The maximum atomic E-state index is 12.5. The number of carboxylic acid groups (broad SMARTS) is 1. The molecule has 7 nitrogen and oxygen atoms in total. The van der Waals surface area contributed by atoms with Crippen LogP contribution in [0.15, 0.2) is 24.3 Å². The summed E-state index contributed by atoms with van der Waals surface area (Å²) in [4.78, 5) is 27.7. The van der Waals surface area contributed by atoms with Gasteiger partial charge < -0.3 is 24.7 Å². The smallest absolute Gasteiger partial charge is 0.306 e. The number of likely N-dealkylation sites (tertiary alicyclic amines) is 2. The molecule has 2 saturated heterocycles. The molecule has 2 heterocycles. The van der Waals surface area contributed by atoms with E-state index in [4.69, 9.17) is 9.84 Å². The SMILES string of the molecule is Cc1ccccc1OCC(O)C(=O)N1CCC(N2CCC(C(=O)O)CC2)CC1. The highest BCUT2D eigenvalue weighted by Gasteiger charge is 2.33. The van der Waals surface area contributed by atoms with Gasteiger partial charge in [0.2, 0.25) is 0 Å². The Hall–Kier alpha value is -2.12. The van der Waals surface area contributed by atoms with Crippen molar-refractivity contribution in [3.05, 3.63) is 29.8 Å². The minimum absolute atomic E-state index is 0.0493. The number of piperidine rings is 2. The molecule has 3 rings (SSSR count). The van der Waals surface area contributed by atoms with Crippen LogP contribution < -0.4 is 4.74 Å². The van der Waals surface area contributed by atoms with Crippen LogP contribution in [-0.2, 0) is 9.59 Å². The topological polar surface area (TPSA) is 90.3 Å². The van der Waals surface area contributed by atoms with Gasteiger partial charge in [0, 0.05) is 19.1 Å². The molecular weight excluding hydrogens is 360 g/mol. The van der Waals surface area contributed by atoms with Gasteiger partial charge in [-0.1, -0.05) is 18.2 Å².